The summed E-state index contributed by atoms with van der Waals surface area (Å²) in [6.07, 6.45) is 2.03. The fourth-order valence-corrected chi connectivity index (χ4v) is 2.79. The second kappa shape index (κ2) is 3.40. The first-order valence-corrected chi connectivity index (χ1v) is 6.91. The Labute approximate surface area is 92.3 Å². The lowest BCUT2D eigenvalue weighted by Crippen LogP contribution is -1.96. The molecule has 0 atom stereocenters. The molecule has 1 aliphatic carbocycles. The van der Waals surface area contributed by atoms with E-state index in [0.717, 1.165) is 18.4 Å². The van der Waals surface area contributed by atoms with E-state index in [1.165, 1.54) is 6.07 Å². The molecule has 0 N–H and O–H groups in total. The summed E-state index contributed by atoms with van der Waals surface area (Å²) in [5.74, 6) is 0.317. The molecule has 0 radical (unpaired) electrons. The van der Waals surface area contributed by atoms with Gasteiger partial charge in [-0.15, -0.1) is 0 Å². The van der Waals surface area contributed by atoms with E-state index in [4.69, 9.17) is 22.3 Å². The second-order valence-corrected chi connectivity index (χ2v) is 6.37. The third kappa shape index (κ3) is 2.05. The highest BCUT2D eigenvalue weighted by atomic mass is 35.7. The molecule has 0 spiro atoms. The topological polar surface area (TPSA) is 34.1 Å². The Morgan fingerprint density at radius 2 is 1.93 bits per heavy atom. The first-order valence-electron chi connectivity index (χ1n) is 4.22. The smallest absolute Gasteiger partial charge is 0.207 e. The van der Waals surface area contributed by atoms with E-state index < -0.39 is 9.05 Å². The maximum Gasteiger partial charge on any atom is 0.261 e. The fourth-order valence-electron chi connectivity index (χ4n) is 1.45. The average molecular weight is 251 g/mol. The van der Waals surface area contributed by atoms with Gasteiger partial charge < -0.3 is 0 Å². The van der Waals surface area contributed by atoms with E-state index >= 15 is 0 Å². The Morgan fingerprint density at radius 3 is 2.43 bits per heavy atom. The fraction of sp³-hybridized carbons (Fsp3) is 0.333. The molecule has 1 aromatic carbocycles. The third-order valence-corrected chi connectivity index (χ3v) is 3.88. The van der Waals surface area contributed by atoms with Crippen molar-refractivity contribution in [3.05, 3.63) is 28.8 Å². The second-order valence-electron chi connectivity index (χ2n) is 3.39. The molecule has 0 heterocycles. The Kier molecular flexibility index (Phi) is 2.50. The Balaban J connectivity index is 2.59. The van der Waals surface area contributed by atoms with Crippen LogP contribution in [-0.2, 0) is 9.05 Å². The summed E-state index contributed by atoms with van der Waals surface area (Å²) in [6, 6.07) is 4.70. The highest BCUT2D eigenvalue weighted by Crippen LogP contribution is 2.44. The summed E-state index contributed by atoms with van der Waals surface area (Å²) in [5, 5.41) is 0.552. The van der Waals surface area contributed by atoms with Crippen molar-refractivity contribution in [2.45, 2.75) is 23.7 Å². The molecule has 0 aliphatic heterocycles. The summed E-state index contributed by atoms with van der Waals surface area (Å²) in [6.45, 7) is 0. The zero-order valence-corrected chi connectivity index (χ0v) is 9.53. The van der Waals surface area contributed by atoms with Crippen LogP contribution in [0.4, 0.5) is 0 Å². The molecule has 14 heavy (non-hydrogen) atoms. The molecule has 1 saturated carbocycles. The van der Waals surface area contributed by atoms with Crippen LogP contribution in [0.3, 0.4) is 0 Å². The number of halogens is 2. The van der Waals surface area contributed by atoms with Crippen LogP contribution >= 0.6 is 22.3 Å². The van der Waals surface area contributed by atoms with Gasteiger partial charge >= 0.3 is 0 Å². The van der Waals surface area contributed by atoms with Crippen molar-refractivity contribution in [2.24, 2.45) is 0 Å². The predicted molar refractivity (Wildman–Crippen MR) is 56.5 cm³/mol. The van der Waals surface area contributed by atoms with E-state index in [9.17, 15) is 8.42 Å². The van der Waals surface area contributed by atoms with Crippen molar-refractivity contribution in [1.82, 2.24) is 0 Å². The molecule has 1 aliphatic rings. The summed E-state index contributed by atoms with van der Waals surface area (Å²) < 4.78 is 22.4. The van der Waals surface area contributed by atoms with Crippen molar-refractivity contribution < 1.29 is 8.42 Å². The summed E-state index contributed by atoms with van der Waals surface area (Å²) in [5.41, 5.74) is 0.757. The average Bonchev–Trinajstić information content (AvgIpc) is 2.83. The van der Waals surface area contributed by atoms with Gasteiger partial charge in [0, 0.05) is 15.7 Å². The maximum atomic E-state index is 11.2. The Hall–Kier alpha value is -0.250. The van der Waals surface area contributed by atoms with Crippen LogP contribution in [0.15, 0.2) is 23.1 Å². The number of benzene rings is 1. The van der Waals surface area contributed by atoms with Crippen LogP contribution in [0.1, 0.15) is 24.3 Å². The van der Waals surface area contributed by atoms with Gasteiger partial charge in [-0.25, -0.2) is 8.42 Å². The Morgan fingerprint density at radius 1 is 1.29 bits per heavy atom. The van der Waals surface area contributed by atoms with Gasteiger partial charge in [0.1, 0.15) is 0 Å². The van der Waals surface area contributed by atoms with Gasteiger partial charge in [0.15, 0.2) is 0 Å². The SMILES string of the molecule is O=S(=O)(Cl)c1ccc(Cl)cc1C1CC1. The van der Waals surface area contributed by atoms with Crippen molar-refractivity contribution in [1.29, 1.82) is 0 Å². The molecule has 76 valence electrons. The molecule has 0 unspecified atom stereocenters. The minimum absolute atomic E-state index is 0.200. The minimum Gasteiger partial charge on any atom is -0.207 e. The summed E-state index contributed by atoms with van der Waals surface area (Å²) in [7, 11) is 1.68. The predicted octanol–water partition coefficient (Wildman–Crippen LogP) is 3.14. The molecule has 0 bridgehead atoms. The van der Waals surface area contributed by atoms with Crippen molar-refractivity contribution in [2.75, 3.05) is 0 Å². The van der Waals surface area contributed by atoms with E-state index in [2.05, 4.69) is 0 Å². The van der Waals surface area contributed by atoms with Crippen LogP contribution in [0.2, 0.25) is 5.02 Å². The standard InChI is InChI=1S/C9H8Cl2O2S/c10-7-3-4-9(14(11,12)13)8(5-7)6-1-2-6/h3-6H,1-2H2. The van der Waals surface area contributed by atoms with E-state index in [1.54, 1.807) is 12.1 Å². The maximum absolute atomic E-state index is 11.2. The molecule has 1 fully saturated rings. The molecule has 1 aromatic rings. The lowest BCUT2D eigenvalue weighted by atomic mass is 10.1. The van der Waals surface area contributed by atoms with Gasteiger partial charge in [-0.2, -0.15) is 0 Å². The molecular formula is C9H8Cl2O2S. The summed E-state index contributed by atoms with van der Waals surface area (Å²) in [4.78, 5) is 0.200. The first-order chi connectivity index (χ1) is 6.48. The minimum atomic E-state index is -3.64. The van der Waals surface area contributed by atoms with E-state index in [1.807, 2.05) is 0 Å². The first kappa shape index (κ1) is 10.3. The van der Waals surface area contributed by atoms with Crippen molar-refractivity contribution in [3.63, 3.8) is 0 Å². The molecule has 2 rings (SSSR count). The van der Waals surface area contributed by atoms with Crippen LogP contribution in [-0.4, -0.2) is 8.42 Å². The normalized spacial score (nSPS) is 17.0. The van der Waals surface area contributed by atoms with E-state index in [0.29, 0.717) is 10.9 Å². The zero-order chi connectivity index (χ0) is 10.3. The van der Waals surface area contributed by atoms with Crippen LogP contribution in [0.5, 0.6) is 0 Å². The van der Waals surface area contributed by atoms with Gasteiger partial charge in [0.25, 0.3) is 9.05 Å². The molecule has 2 nitrogen and oxygen atoms in total. The highest BCUT2D eigenvalue weighted by Gasteiger charge is 2.29. The monoisotopic (exact) mass is 250 g/mol. The molecule has 5 heteroatoms. The van der Waals surface area contributed by atoms with Gasteiger partial charge in [-0.1, -0.05) is 11.6 Å². The van der Waals surface area contributed by atoms with Crippen LogP contribution < -0.4 is 0 Å². The van der Waals surface area contributed by atoms with E-state index in [-0.39, 0.29) is 4.90 Å². The van der Waals surface area contributed by atoms with Gasteiger partial charge in [-0.3, -0.25) is 0 Å². The van der Waals surface area contributed by atoms with Gasteiger partial charge in [-0.05, 0) is 42.5 Å². The number of hydrogen-bond donors (Lipinski definition) is 0. The number of rotatable bonds is 2. The third-order valence-electron chi connectivity index (χ3n) is 2.25. The Bertz CT molecular complexity index is 464. The van der Waals surface area contributed by atoms with Crippen molar-refractivity contribution in [3.8, 4) is 0 Å². The lowest BCUT2D eigenvalue weighted by molar-refractivity contribution is 0.608. The van der Waals surface area contributed by atoms with Crippen LogP contribution in [0.25, 0.3) is 0 Å². The molecular weight excluding hydrogens is 243 g/mol. The summed E-state index contributed by atoms with van der Waals surface area (Å²) >= 11 is 5.80. The molecule has 0 aromatic heterocycles. The zero-order valence-electron chi connectivity index (χ0n) is 7.20. The number of hydrogen-bond acceptors (Lipinski definition) is 2. The van der Waals surface area contributed by atoms with Crippen LogP contribution in [0, 0.1) is 0 Å². The molecule has 0 amide bonds. The lowest BCUT2D eigenvalue weighted by Gasteiger charge is -2.05. The highest BCUT2D eigenvalue weighted by molar-refractivity contribution is 8.13. The largest absolute Gasteiger partial charge is 0.261 e. The molecule has 0 saturated heterocycles. The van der Waals surface area contributed by atoms with Gasteiger partial charge in [0.2, 0.25) is 0 Å². The van der Waals surface area contributed by atoms with Gasteiger partial charge in [0.05, 0.1) is 4.90 Å². The van der Waals surface area contributed by atoms with Crippen molar-refractivity contribution >= 4 is 31.3 Å². The quantitative estimate of drug-likeness (QED) is 0.756.